The minimum absolute atomic E-state index is 0.433. The van der Waals surface area contributed by atoms with Crippen molar-refractivity contribution in [2.24, 2.45) is 0 Å². The number of aromatic nitrogens is 4. The Hall–Kier alpha value is -1.40. The molecule has 1 aliphatic heterocycles. The van der Waals surface area contributed by atoms with Gasteiger partial charge in [0.15, 0.2) is 0 Å². The van der Waals surface area contributed by atoms with E-state index in [1.807, 2.05) is 0 Å². The first-order valence-electron chi connectivity index (χ1n) is 7.58. The molecule has 0 aromatic carbocycles. The van der Waals surface area contributed by atoms with Gasteiger partial charge < -0.3 is 10.2 Å². The van der Waals surface area contributed by atoms with Crippen molar-refractivity contribution < 1.29 is 0 Å². The number of hydrogen-bond acceptors (Lipinski definition) is 5. The summed E-state index contributed by atoms with van der Waals surface area (Å²) >= 11 is 5.99. The summed E-state index contributed by atoms with van der Waals surface area (Å²) in [5, 5.41) is 7.96. The predicted molar refractivity (Wildman–Crippen MR) is 83.8 cm³/mol. The van der Waals surface area contributed by atoms with Crippen LogP contribution in [0.3, 0.4) is 0 Å². The van der Waals surface area contributed by atoms with Crippen molar-refractivity contribution >= 4 is 23.2 Å². The smallest absolute Gasteiger partial charge is 0.255 e. The molecule has 114 valence electrons. The molecule has 0 saturated carbocycles. The third kappa shape index (κ3) is 3.44. The van der Waals surface area contributed by atoms with E-state index >= 15 is 0 Å². The van der Waals surface area contributed by atoms with Crippen LogP contribution in [0.5, 0.6) is 0 Å². The molecule has 0 bridgehead atoms. The van der Waals surface area contributed by atoms with Crippen molar-refractivity contribution in [2.45, 2.75) is 38.6 Å². The molecule has 2 aromatic rings. The van der Waals surface area contributed by atoms with Crippen LogP contribution in [0.15, 0.2) is 12.4 Å². The van der Waals surface area contributed by atoms with Gasteiger partial charge in [0.2, 0.25) is 0 Å². The lowest BCUT2D eigenvalue weighted by Gasteiger charge is -2.33. The molecule has 1 atom stereocenters. The first-order valence-corrected chi connectivity index (χ1v) is 7.96. The fraction of sp³-hybridized carbons (Fsp3) is 0.643. The Bertz CT molecular complexity index is 598. The van der Waals surface area contributed by atoms with Gasteiger partial charge >= 0.3 is 0 Å². The lowest BCUT2D eigenvalue weighted by Crippen LogP contribution is -2.38. The molecule has 3 rings (SSSR count). The summed E-state index contributed by atoms with van der Waals surface area (Å²) in [5.74, 6) is 1.36. The van der Waals surface area contributed by atoms with Crippen LogP contribution >= 0.6 is 11.6 Å². The van der Waals surface area contributed by atoms with Crippen molar-refractivity contribution in [1.29, 1.82) is 0 Å². The highest BCUT2D eigenvalue weighted by atomic mass is 35.5. The van der Waals surface area contributed by atoms with E-state index in [9.17, 15) is 0 Å². The molecule has 0 spiro atoms. The number of likely N-dealkylation sites (tertiary alicyclic amines) is 1. The Balaban J connectivity index is 1.53. The van der Waals surface area contributed by atoms with Crippen LogP contribution in [-0.2, 0) is 0 Å². The summed E-state index contributed by atoms with van der Waals surface area (Å²) in [6, 6.07) is 2.50. The maximum atomic E-state index is 5.99. The number of anilines is 1. The summed E-state index contributed by atoms with van der Waals surface area (Å²) in [7, 11) is 0. The number of nitrogens with one attached hydrogen (secondary N) is 1. The van der Waals surface area contributed by atoms with E-state index in [4.69, 9.17) is 11.6 Å². The van der Waals surface area contributed by atoms with E-state index in [2.05, 4.69) is 32.2 Å². The zero-order valence-corrected chi connectivity index (χ0v) is 13.1. The van der Waals surface area contributed by atoms with Crippen molar-refractivity contribution in [3.8, 4) is 0 Å². The average molecular weight is 309 g/mol. The molecule has 1 aliphatic rings. The fourth-order valence-electron chi connectivity index (χ4n) is 2.90. The Morgan fingerprint density at radius 1 is 1.43 bits per heavy atom. The summed E-state index contributed by atoms with van der Waals surface area (Å²) in [4.78, 5) is 10.8. The Morgan fingerprint density at radius 3 is 3.19 bits per heavy atom. The molecule has 1 fully saturated rings. The zero-order valence-electron chi connectivity index (χ0n) is 12.3. The predicted octanol–water partition coefficient (Wildman–Crippen LogP) is 2.45. The Kier molecular flexibility index (Phi) is 4.55. The number of piperidine rings is 1. The molecule has 1 unspecified atom stereocenters. The molecule has 2 aromatic heterocycles. The third-order valence-electron chi connectivity index (χ3n) is 4.09. The number of rotatable bonds is 5. The molecule has 0 amide bonds. The van der Waals surface area contributed by atoms with Crippen LogP contribution in [0.2, 0.25) is 5.15 Å². The summed E-state index contributed by atoms with van der Waals surface area (Å²) < 4.78 is 1.68. The van der Waals surface area contributed by atoms with E-state index in [1.165, 1.54) is 32.1 Å². The lowest BCUT2D eigenvalue weighted by molar-refractivity contribution is 0.160. The van der Waals surface area contributed by atoms with Gasteiger partial charge in [-0.2, -0.15) is 19.6 Å². The fourth-order valence-corrected chi connectivity index (χ4v) is 3.08. The van der Waals surface area contributed by atoms with Gasteiger partial charge in [-0.25, -0.2) is 0 Å². The molecule has 7 heteroatoms. The zero-order chi connectivity index (χ0) is 14.7. The SMILES string of the molecule is CC1CCCCN1CCCNc1cc(Cl)nc2ncnn12. The van der Waals surface area contributed by atoms with Crippen LogP contribution in [0.25, 0.3) is 5.78 Å². The largest absolute Gasteiger partial charge is 0.370 e. The van der Waals surface area contributed by atoms with Crippen LogP contribution in [0.4, 0.5) is 5.82 Å². The monoisotopic (exact) mass is 308 g/mol. The first kappa shape index (κ1) is 14.5. The average Bonchev–Trinajstić information content (AvgIpc) is 2.93. The van der Waals surface area contributed by atoms with Gasteiger partial charge in [-0.1, -0.05) is 18.0 Å². The maximum absolute atomic E-state index is 5.99. The third-order valence-corrected chi connectivity index (χ3v) is 4.28. The van der Waals surface area contributed by atoms with Crippen molar-refractivity contribution in [3.63, 3.8) is 0 Å². The second-order valence-electron chi connectivity index (χ2n) is 5.60. The molecule has 0 radical (unpaired) electrons. The number of halogens is 1. The minimum Gasteiger partial charge on any atom is -0.370 e. The van der Waals surface area contributed by atoms with E-state index in [-0.39, 0.29) is 0 Å². The molecular formula is C14H21ClN6. The standard InChI is InChI=1S/C14H21ClN6/c1-11-5-2-3-7-20(11)8-4-6-16-13-9-12(15)19-14-17-10-18-21(13)14/h9-11,16H,2-8H2,1H3. The molecule has 1 saturated heterocycles. The van der Waals surface area contributed by atoms with Gasteiger partial charge in [0.05, 0.1) is 0 Å². The highest BCUT2D eigenvalue weighted by Gasteiger charge is 2.17. The summed E-state index contributed by atoms with van der Waals surface area (Å²) in [6.45, 7) is 5.58. The topological polar surface area (TPSA) is 58.3 Å². The second kappa shape index (κ2) is 6.58. The van der Waals surface area contributed by atoms with E-state index in [0.29, 0.717) is 10.9 Å². The number of nitrogens with zero attached hydrogens (tertiary/aromatic N) is 5. The van der Waals surface area contributed by atoms with Crippen LogP contribution < -0.4 is 5.32 Å². The van der Waals surface area contributed by atoms with Gasteiger partial charge in [0.1, 0.15) is 17.3 Å². The molecule has 21 heavy (non-hydrogen) atoms. The normalized spacial score (nSPS) is 20.0. The lowest BCUT2D eigenvalue weighted by atomic mass is 10.0. The molecule has 3 heterocycles. The molecule has 6 nitrogen and oxygen atoms in total. The van der Waals surface area contributed by atoms with Crippen molar-refractivity contribution in [1.82, 2.24) is 24.5 Å². The quantitative estimate of drug-likeness (QED) is 0.679. The maximum Gasteiger partial charge on any atom is 0.255 e. The van der Waals surface area contributed by atoms with Gasteiger partial charge in [-0.05, 0) is 32.7 Å². The highest BCUT2D eigenvalue weighted by molar-refractivity contribution is 6.29. The van der Waals surface area contributed by atoms with E-state index in [0.717, 1.165) is 31.4 Å². The Labute approximate surface area is 129 Å². The van der Waals surface area contributed by atoms with Crippen molar-refractivity contribution in [3.05, 3.63) is 17.5 Å². The van der Waals surface area contributed by atoms with Crippen LogP contribution in [-0.4, -0.2) is 50.2 Å². The summed E-state index contributed by atoms with van der Waals surface area (Å²) in [5.41, 5.74) is 0. The second-order valence-corrected chi connectivity index (χ2v) is 5.98. The van der Waals surface area contributed by atoms with Crippen molar-refractivity contribution in [2.75, 3.05) is 25.0 Å². The van der Waals surface area contributed by atoms with E-state index < -0.39 is 0 Å². The van der Waals surface area contributed by atoms with Crippen LogP contribution in [0, 0.1) is 0 Å². The molecular weight excluding hydrogens is 288 g/mol. The first-order chi connectivity index (χ1) is 10.2. The van der Waals surface area contributed by atoms with Gasteiger partial charge in [-0.15, -0.1) is 0 Å². The highest BCUT2D eigenvalue weighted by Crippen LogP contribution is 2.17. The van der Waals surface area contributed by atoms with Crippen LogP contribution in [0.1, 0.15) is 32.6 Å². The number of fused-ring (bicyclic) bond motifs is 1. The summed E-state index contributed by atoms with van der Waals surface area (Å²) in [6.07, 6.45) is 6.61. The molecule has 1 N–H and O–H groups in total. The minimum atomic E-state index is 0.433. The van der Waals surface area contributed by atoms with E-state index in [1.54, 1.807) is 10.6 Å². The van der Waals surface area contributed by atoms with Gasteiger partial charge in [0.25, 0.3) is 5.78 Å². The van der Waals surface area contributed by atoms with Gasteiger partial charge in [0, 0.05) is 25.2 Å². The Morgan fingerprint density at radius 2 is 2.33 bits per heavy atom. The molecule has 0 aliphatic carbocycles. The number of hydrogen-bond donors (Lipinski definition) is 1. The van der Waals surface area contributed by atoms with Gasteiger partial charge in [-0.3, -0.25) is 0 Å².